The molecule has 0 radical (unpaired) electrons. The maximum atomic E-state index is 15.4. The van der Waals surface area contributed by atoms with Gasteiger partial charge < -0.3 is 19.9 Å². The van der Waals surface area contributed by atoms with Gasteiger partial charge in [-0.1, -0.05) is 0 Å². The van der Waals surface area contributed by atoms with Crippen molar-refractivity contribution in [2.45, 2.75) is 12.8 Å². The smallest absolute Gasteiger partial charge is 0.308 e. The van der Waals surface area contributed by atoms with E-state index >= 15 is 4.39 Å². The largest absolute Gasteiger partial charge is 0.481 e. The molecule has 0 saturated carbocycles. The second-order valence-electron chi connectivity index (χ2n) is 8.40. The van der Waals surface area contributed by atoms with Gasteiger partial charge in [-0.3, -0.25) is 14.7 Å². The lowest BCUT2D eigenvalue weighted by Crippen LogP contribution is -2.38. The number of benzene rings is 1. The van der Waals surface area contributed by atoms with Crippen LogP contribution in [0.3, 0.4) is 0 Å². The number of aromatic amines is 1. The van der Waals surface area contributed by atoms with E-state index in [1.807, 2.05) is 11.0 Å². The highest BCUT2D eigenvalue weighted by Crippen LogP contribution is 2.29. The van der Waals surface area contributed by atoms with Gasteiger partial charge in [0.15, 0.2) is 0 Å². The van der Waals surface area contributed by atoms with Gasteiger partial charge in [-0.05, 0) is 49.2 Å². The number of nitrogens with one attached hydrogen (secondary N) is 2. The van der Waals surface area contributed by atoms with Gasteiger partial charge in [-0.15, -0.1) is 0 Å². The average molecular weight is 462 g/mol. The summed E-state index contributed by atoms with van der Waals surface area (Å²) >= 11 is 0. The van der Waals surface area contributed by atoms with Crippen molar-refractivity contribution in [3.8, 4) is 11.3 Å². The highest BCUT2D eigenvalue weighted by Gasteiger charge is 2.25. The van der Waals surface area contributed by atoms with Crippen LogP contribution >= 0.6 is 0 Å². The first-order valence-corrected chi connectivity index (χ1v) is 10.9. The summed E-state index contributed by atoms with van der Waals surface area (Å²) < 4.78 is 16.8. The number of nitrogens with zero attached hydrogens (tertiary/aromatic N) is 4. The van der Waals surface area contributed by atoms with E-state index in [0.29, 0.717) is 40.9 Å². The Hall–Kier alpha value is -4.21. The molecule has 0 unspecified atom stereocenters. The Bertz CT molecular complexity index is 1420. The van der Waals surface area contributed by atoms with Crippen LogP contribution in [-0.2, 0) is 11.8 Å². The number of rotatable bonds is 5. The third kappa shape index (κ3) is 3.87. The first-order valence-electron chi connectivity index (χ1n) is 10.9. The molecular formula is C24H23FN6O3. The molecule has 174 valence electrons. The molecule has 10 heteroatoms. The molecule has 4 aromatic rings. The van der Waals surface area contributed by atoms with Gasteiger partial charge in [0.2, 0.25) is 0 Å². The zero-order chi connectivity index (χ0) is 23.8. The predicted octanol–water partition coefficient (Wildman–Crippen LogP) is 3.51. The molecule has 0 bridgehead atoms. The fourth-order valence-electron chi connectivity index (χ4n) is 4.41. The summed E-state index contributed by atoms with van der Waals surface area (Å²) in [5.74, 6) is -1.21. The molecule has 3 N–H and O–H groups in total. The number of aliphatic carboxylic acids is 1. The Labute approximate surface area is 193 Å². The van der Waals surface area contributed by atoms with Gasteiger partial charge in [0.05, 0.1) is 29.0 Å². The molecule has 0 amide bonds. The van der Waals surface area contributed by atoms with Gasteiger partial charge in [-0.2, -0.15) is 5.10 Å². The number of anilines is 3. The van der Waals surface area contributed by atoms with E-state index in [9.17, 15) is 14.7 Å². The minimum absolute atomic E-state index is 0.194. The Morgan fingerprint density at radius 3 is 2.82 bits per heavy atom. The molecule has 1 aromatic carbocycles. The molecule has 1 atom stereocenters. The van der Waals surface area contributed by atoms with E-state index in [0.717, 1.165) is 18.7 Å². The Kier molecular flexibility index (Phi) is 5.48. The van der Waals surface area contributed by atoms with E-state index in [2.05, 4.69) is 20.5 Å². The zero-order valence-electron chi connectivity index (χ0n) is 18.5. The summed E-state index contributed by atoms with van der Waals surface area (Å²) in [6, 6.07) is 10.1. The van der Waals surface area contributed by atoms with Gasteiger partial charge in [0.1, 0.15) is 17.3 Å². The molecule has 0 aliphatic carbocycles. The van der Waals surface area contributed by atoms with Crippen molar-refractivity contribution in [2.75, 3.05) is 23.3 Å². The highest BCUT2D eigenvalue weighted by atomic mass is 19.1. The number of carbonyl (C=O) groups is 1. The van der Waals surface area contributed by atoms with Crippen LogP contribution in [0.5, 0.6) is 0 Å². The number of hydrogen-bond donors (Lipinski definition) is 3. The Morgan fingerprint density at radius 2 is 2.12 bits per heavy atom. The van der Waals surface area contributed by atoms with E-state index in [1.165, 1.54) is 10.6 Å². The molecule has 5 rings (SSSR count). The number of carboxylic acids is 1. The third-order valence-electron chi connectivity index (χ3n) is 6.28. The Morgan fingerprint density at radius 1 is 1.26 bits per heavy atom. The molecule has 34 heavy (non-hydrogen) atoms. The number of aromatic nitrogens is 4. The van der Waals surface area contributed by atoms with Gasteiger partial charge in [0.25, 0.3) is 5.56 Å². The van der Waals surface area contributed by atoms with Crippen LogP contribution in [0.2, 0.25) is 0 Å². The minimum atomic E-state index is -0.786. The third-order valence-corrected chi connectivity index (χ3v) is 6.28. The van der Waals surface area contributed by atoms with E-state index < -0.39 is 17.7 Å². The fourth-order valence-corrected chi connectivity index (χ4v) is 4.41. The number of pyridine rings is 2. The van der Waals surface area contributed by atoms with Gasteiger partial charge >= 0.3 is 5.97 Å². The van der Waals surface area contributed by atoms with Crippen LogP contribution in [0.4, 0.5) is 21.6 Å². The van der Waals surface area contributed by atoms with Crippen LogP contribution in [0.1, 0.15) is 12.8 Å². The van der Waals surface area contributed by atoms with Crippen LogP contribution in [0, 0.1) is 11.7 Å². The first kappa shape index (κ1) is 21.6. The lowest BCUT2D eigenvalue weighted by atomic mass is 9.98. The van der Waals surface area contributed by atoms with Crippen molar-refractivity contribution < 1.29 is 14.3 Å². The second-order valence-corrected chi connectivity index (χ2v) is 8.40. The summed E-state index contributed by atoms with van der Waals surface area (Å²) in [7, 11) is 1.59. The van der Waals surface area contributed by atoms with Crippen molar-refractivity contribution in [2.24, 2.45) is 13.0 Å². The van der Waals surface area contributed by atoms with Crippen LogP contribution in [-0.4, -0.2) is 43.9 Å². The van der Waals surface area contributed by atoms with Crippen molar-refractivity contribution in [3.63, 3.8) is 0 Å². The fraction of sp³-hybridized carbons (Fsp3) is 0.250. The monoisotopic (exact) mass is 462 g/mol. The summed E-state index contributed by atoms with van der Waals surface area (Å²) in [6.45, 7) is 1.20. The number of hydrogen-bond acceptors (Lipinski definition) is 6. The SMILES string of the molecule is Cn1c(=O)c(Nc2ccc(N3CCC[C@H](C(=O)O)C3)cn2)cc2c(F)c(-c3ccn[nH]3)ccc21. The van der Waals surface area contributed by atoms with Crippen LogP contribution < -0.4 is 15.8 Å². The number of halogens is 1. The molecule has 1 aliphatic rings. The summed E-state index contributed by atoms with van der Waals surface area (Å²) in [5, 5.41) is 19.2. The maximum Gasteiger partial charge on any atom is 0.308 e. The number of carboxylic acid groups (broad SMARTS) is 1. The average Bonchev–Trinajstić information content (AvgIpc) is 3.38. The van der Waals surface area contributed by atoms with Crippen molar-refractivity contribution in [3.05, 3.63) is 65.0 Å². The summed E-state index contributed by atoms with van der Waals surface area (Å²) in [6.07, 6.45) is 4.67. The number of H-pyrrole nitrogens is 1. The van der Waals surface area contributed by atoms with Crippen molar-refractivity contribution in [1.29, 1.82) is 0 Å². The van der Waals surface area contributed by atoms with E-state index in [4.69, 9.17) is 0 Å². The Balaban J connectivity index is 1.44. The molecule has 9 nitrogen and oxygen atoms in total. The highest BCUT2D eigenvalue weighted by molar-refractivity contribution is 5.88. The maximum absolute atomic E-state index is 15.4. The van der Waals surface area contributed by atoms with Gasteiger partial charge in [0, 0.05) is 37.3 Å². The number of piperidine rings is 1. The molecule has 4 heterocycles. The molecular weight excluding hydrogens is 439 g/mol. The molecule has 3 aromatic heterocycles. The summed E-state index contributed by atoms with van der Waals surface area (Å²) in [5.41, 5.74) is 2.07. The molecule has 1 aliphatic heterocycles. The summed E-state index contributed by atoms with van der Waals surface area (Å²) in [4.78, 5) is 30.6. The van der Waals surface area contributed by atoms with E-state index in [1.54, 1.807) is 43.7 Å². The number of fused-ring (bicyclic) bond motifs is 1. The minimum Gasteiger partial charge on any atom is -0.481 e. The van der Waals surface area contributed by atoms with Crippen LogP contribution in [0.15, 0.2) is 53.6 Å². The quantitative estimate of drug-likeness (QED) is 0.416. The second kappa shape index (κ2) is 8.62. The van der Waals surface area contributed by atoms with Crippen molar-refractivity contribution in [1.82, 2.24) is 19.7 Å². The molecule has 1 fully saturated rings. The zero-order valence-corrected chi connectivity index (χ0v) is 18.5. The lowest BCUT2D eigenvalue weighted by molar-refractivity contribution is -0.141. The lowest BCUT2D eigenvalue weighted by Gasteiger charge is -2.32. The first-order chi connectivity index (χ1) is 16.4. The molecule has 1 saturated heterocycles. The van der Waals surface area contributed by atoms with Crippen LogP contribution in [0.25, 0.3) is 22.2 Å². The standard InChI is InChI=1S/C24H23FN6O3/c1-30-20-6-5-16(18-8-9-27-29-18)22(25)17(20)11-19(23(30)32)28-21-7-4-15(12-26-21)31-10-2-3-14(13-31)24(33)34/h4-9,11-12,14H,2-3,10,13H2,1H3,(H,26,28)(H,27,29)(H,33,34)/t14-/m0/s1. The number of aryl methyl sites for hydroxylation is 1. The molecule has 0 spiro atoms. The topological polar surface area (TPSA) is 116 Å². The normalized spacial score (nSPS) is 16.1. The predicted molar refractivity (Wildman–Crippen MR) is 127 cm³/mol. The van der Waals surface area contributed by atoms with Gasteiger partial charge in [-0.25, -0.2) is 9.37 Å². The van der Waals surface area contributed by atoms with Crippen molar-refractivity contribution >= 4 is 34.1 Å². The van der Waals surface area contributed by atoms with E-state index in [-0.39, 0.29) is 11.2 Å².